The SMILES string of the molecule is O=C(NCCO)c1cccc(-c2cccc3nn(Cc4cccc(C(F)(F)F)c4)cc23)c1.O=C(O)c1cccc(-c2cccc3nn(Cc4cccc(C(F)(F)F)c4)cc23)c1. The van der Waals surface area contributed by atoms with Gasteiger partial charge >= 0.3 is 18.3 Å². The molecule has 2 aromatic heterocycles. The molecule has 0 unspecified atom stereocenters. The number of rotatable bonds is 10. The Morgan fingerprint density at radius 1 is 0.574 bits per heavy atom. The predicted octanol–water partition coefficient (Wildman–Crippen LogP) is 9.96. The highest BCUT2D eigenvalue weighted by Crippen LogP contribution is 2.33. The maximum Gasteiger partial charge on any atom is 0.416 e. The minimum absolute atomic E-state index is 0.143. The Morgan fingerprint density at radius 2 is 1.02 bits per heavy atom. The quantitative estimate of drug-likeness (QED) is 0.118. The number of carbonyl (C=O) groups is 2. The third kappa shape index (κ3) is 9.96. The molecule has 61 heavy (non-hydrogen) atoms. The van der Waals surface area contributed by atoms with E-state index in [-0.39, 0.29) is 37.7 Å². The van der Waals surface area contributed by atoms with Crippen LogP contribution in [-0.2, 0) is 25.4 Å². The first-order valence-corrected chi connectivity index (χ1v) is 18.7. The summed E-state index contributed by atoms with van der Waals surface area (Å²) in [6.45, 7) is 0.408. The second-order valence-electron chi connectivity index (χ2n) is 14.0. The Balaban J connectivity index is 0.000000185. The summed E-state index contributed by atoms with van der Waals surface area (Å²) in [6, 6.07) is 35.1. The zero-order chi connectivity index (χ0) is 43.3. The molecule has 0 saturated carbocycles. The number of carboxylic acids is 1. The van der Waals surface area contributed by atoms with Crippen LogP contribution in [0.5, 0.6) is 0 Å². The van der Waals surface area contributed by atoms with Crippen molar-refractivity contribution in [2.24, 2.45) is 0 Å². The molecule has 9 nitrogen and oxygen atoms in total. The standard InChI is InChI=1S/C24H20F3N3O2.C22H15F3N2O2/c25-24(26,27)19-7-1-4-16(12-19)14-30-15-21-20(8-3-9-22(21)29-30)17-5-2-6-18(13-17)23(32)28-10-11-31;23-22(24,25)17-7-1-4-14(10-17)12-27-13-19-18(8-3-9-20(19)26-27)15-5-2-6-16(11-15)21(28)29/h1-9,12-13,15,31H,10-11,14H2,(H,28,32);1-11,13H,12H2,(H,28,29). The summed E-state index contributed by atoms with van der Waals surface area (Å²) >= 11 is 0. The molecule has 0 bridgehead atoms. The van der Waals surface area contributed by atoms with Crippen LogP contribution in [0.2, 0.25) is 0 Å². The summed E-state index contributed by atoms with van der Waals surface area (Å²) in [7, 11) is 0. The maximum absolute atomic E-state index is 13.0. The van der Waals surface area contributed by atoms with Crippen molar-refractivity contribution in [3.8, 4) is 22.3 Å². The highest BCUT2D eigenvalue weighted by Gasteiger charge is 2.31. The van der Waals surface area contributed by atoms with Crippen LogP contribution >= 0.6 is 0 Å². The first kappa shape index (κ1) is 41.9. The second-order valence-corrected chi connectivity index (χ2v) is 14.0. The molecule has 2 heterocycles. The van der Waals surface area contributed by atoms with Crippen molar-refractivity contribution in [2.75, 3.05) is 13.2 Å². The van der Waals surface area contributed by atoms with Gasteiger partial charge in [0.15, 0.2) is 0 Å². The molecule has 0 fully saturated rings. The number of carbonyl (C=O) groups excluding carboxylic acids is 1. The van der Waals surface area contributed by atoms with Gasteiger partial charge in [0.1, 0.15) is 0 Å². The van der Waals surface area contributed by atoms with E-state index in [0.717, 1.165) is 57.3 Å². The lowest BCUT2D eigenvalue weighted by molar-refractivity contribution is -0.138. The van der Waals surface area contributed by atoms with Gasteiger partial charge in [-0.3, -0.25) is 14.2 Å². The van der Waals surface area contributed by atoms with Gasteiger partial charge in [0.25, 0.3) is 5.91 Å². The van der Waals surface area contributed by atoms with Crippen molar-refractivity contribution in [3.63, 3.8) is 0 Å². The van der Waals surface area contributed by atoms with Crippen molar-refractivity contribution >= 4 is 33.7 Å². The van der Waals surface area contributed by atoms with Crippen LogP contribution in [0, 0.1) is 0 Å². The van der Waals surface area contributed by atoms with Crippen LogP contribution in [0.25, 0.3) is 44.1 Å². The number of hydrogen-bond donors (Lipinski definition) is 3. The van der Waals surface area contributed by atoms with Crippen LogP contribution < -0.4 is 5.32 Å². The zero-order valence-electron chi connectivity index (χ0n) is 32.0. The molecule has 6 aromatic carbocycles. The topological polar surface area (TPSA) is 122 Å². The Morgan fingerprint density at radius 3 is 1.48 bits per heavy atom. The number of amides is 1. The van der Waals surface area contributed by atoms with E-state index in [1.54, 1.807) is 64.2 Å². The van der Waals surface area contributed by atoms with E-state index in [2.05, 4.69) is 15.5 Å². The lowest BCUT2D eigenvalue weighted by Crippen LogP contribution is -2.26. The van der Waals surface area contributed by atoms with E-state index in [1.165, 1.54) is 18.2 Å². The molecular formula is C46H35F6N5O4. The average molecular weight is 836 g/mol. The molecule has 310 valence electrons. The minimum Gasteiger partial charge on any atom is -0.478 e. The number of carboxylic acid groups (broad SMARTS) is 1. The fraction of sp³-hybridized carbons (Fsp3) is 0.130. The summed E-state index contributed by atoms with van der Waals surface area (Å²) in [5, 5.41) is 31.3. The molecule has 15 heteroatoms. The van der Waals surface area contributed by atoms with Gasteiger partial charge < -0.3 is 15.5 Å². The number of benzene rings is 6. The van der Waals surface area contributed by atoms with Crippen LogP contribution in [0.3, 0.4) is 0 Å². The summed E-state index contributed by atoms with van der Waals surface area (Å²) in [5.74, 6) is -1.30. The van der Waals surface area contributed by atoms with E-state index in [9.17, 15) is 41.0 Å². The van der Waals surface area contributed by atoms with Gasteiger partial charge in [0, 0.05) is 35.3 Å². The van der Waals surface area contributed by atoms with Gasteiger partial charge in [-0.25, -0.2) is 4.79 Å². The van der Waals surface area contributed by atoms with Crippen molar-refractivity contribution in [1.29, 1.82) is 0 Å². The van der Waals surface area contributed by atoms with Gasteiger partial charge in [-0.05, 0) is 94.0 Å². The van der Waals surface area contributed by atoms with Crippen LogP contribution in [0.15, 0.2) is 146 Å². The first-order chi connectivity index (χ1) is 29.2. The number of nitrogens with one attached hydrogen (secondary N) is 1. The Bertz CT molecular complexity index is 2860. The fourth-order valence-corrected chi connectivity index (χ4v) is 6.84. The monoisotopic (exact) mass is 835 g/mol. The smallest absolute Gasteiger partial charge is 0.416 e. The highest BCUT2D eigenvalue weighted by molar-refractivity contribution is 5.99. The van der Waals surface area contributed by atoms with Crippen molar-refractivity contribution in [1.82, 2.24) is 24.9 Å². The number of aliphatic hydroxyl groups is 1. The molecule has 8 rings (SSSR count). The largest absolute Gasteiger partial charge is 0.478 e. The molecule has 0 atom stereocenters. The Hall–Kier alpha value is -7.26. The minimum atomic E-state index is -4.40. The van der Waals surface area contributed by atoms with E-state index in [1.807, 2.05) is 48.5 Å². The number of alkyl halides is 6. The molecule has 8 aromatic rings. The predicted molar refractivity (Wildman–Crippen MR) is 218 cm³/mol. The molecular weight excluding hydrogens is 801 g/mol. The molecule has 0 radical (unpaired) electrons. The van der Waals surface area contributed by atoms with Gasteiger partial charge in [-0.15, -0.1) is 0 Å². The molecule has 0 saturated heterocycles. The highest BCUT2D eigenvalue weighted by atomic mass is 19.4. The normalized spacial score (nSPS) is 11.7. The van der Waals surface area contributed by atoms with E-state index < -0.39 is 29.4 Å². The van der Waals surface area contributed by atoms with Gasteiger partial charge in [-0.2, -0.15) is 36.5 Å². The van der Waals surface area contributed by atoms with Crippen LogP contribution in [0.4, 0.5) is 26.3 Å². The molecule has 0 aliphatic heterocycles. The number of fused-ring (bicyclic) bond motifs is 2. The Labute approximate surface area is 344 Å². The number of aliphatic hydroxyl groups excluding tert-OH is 1. The van der Waals surface area contributed by atoms with Crippen LogP contribution in [0.1, 0.15) is 43.0 Å². The first-order valence-electron chi connectivity index (χ1n) is 18.7. The third-order valence-electron chi connectivity index (χ3n) is 9.65. The number of hydrogen-bond acceptors (Lipinski definition) is 5. The molecule has 0 spiro atoms. The second kappa shape index (κ2) is 17.5. The van der Waals surface area contributed by atoms with E-state index in [0.29, 0.717) is 27.7 Å². The number of halogens is 6. The number of aromatic nitrogens is 4. The van der Waals surface area contributed by atoms with Crippen molar-refractivity contribution in [3.05, 3.63) is 179 Å². The lowest BCUT2D eigenvalue weighted by atomic mass is 10.00. The molecule has 3 N–H and O–H groups in total. The van der Waals surface area contributed by atoms with Crippen molar-refractivity contribution in [2.45, 2.75) is 25.4 Å². The molecule has 1 amide bonds. The fourth-order valence-electron chi connectivity index (χ4n) is 6.84. The average Bonchev–Trinajstić information content (AvgIpc) is 3.86. The van der Waals surface area contributed by atoms with Crippen molar-refractivity contribution < 1.29 is 46.1 Å². The molecule has 0 aliphatic rings. The van der Waals surface area contributed by atoms with Crippen LogP contribution in [-0.4, -0.2) is 54.8 Å². The Kier molecular flexibility index (Phi) is 12.0. The third-order valence-corrected chi connectivity index (χ3v) is 9.65. The lowest BCUT2D eigenvalue weighted by Gasteiger charge is -2.08. The summed E-state index contributed by atoms with van der Waals surface area (Å²) in [5.41, 5.74) is 4.82. The molecule has 0 aliphatic carbocycles. The summed E-state index contributed by atoms with van der Waals surface area (Å²) < 4.78 is 81.0. The van der Waals surface area contributed by atoms with E-state index >= 15 is 0 Å². The summed E-state index contributed by atoms with van der Waals surface area (Å²) in [6.07, 6.45) is -5.23. The van der Waals surface area contributed by atoms with Gasteiger partial charge in [0.05, 0.1) is 47.4 Å². The zero-order valence-corrected chi connectivity index (χ0v) is 32.0. The van der Waals surface area contributed by atoms with Gasteiger partial charge in [-0.1, -0.05) is 72.8 Å². The number of aromatic carboxylic acids is 1. The van der Waals surface area contributed by atoms with Gasteiger partial charge in [0.2, 0.25) is 0 Å². The number of nitrogens with zero attached hydrogens (tertiary/aromatic N) is 4. The maximum atomic E-state index is 13.0. The van der Waals surface area contributed by atoms with E-state index in [4.69, 9.17) is 5.11 Å². The summed E-state index contributed by atoms with van der Waals surface area (Å²) in [4.78, 5) is 23.5.